The Bertz CT molecular complexity index is 1080. The number of fused-ring (bicyclic) bond motifs is 2. The van der Waals surface area contributed by atoms with Gasteiger partial charge in [0.2, 0.25) is 0 Å². The Balaban J connectivity index is 1.57. The summed E-state index contributed by atoms with van der Waals surface area (Å²) in [5.41, 5.74) is 3.32. The molecule has 1 aliphatic heterocycles. The van der Waals surface area contributed by atoms with Crippen LogP contribution in [-0.4, -0.2) is 19.0 Å². The highest BCUT2D eigenvalue weighted by Gasteiger charge is 2.25. The second-order valence-corrected chi connectivity index (χ2v) is 6.59. The molecule has 3 amide bonds. The van der Waals surface area contributed by atoms with Gasteiger partial charge in [-0.25, -0.2) is 4.79 Å². The SMILES string of the molecule is Cc1cccc(NC(=O)Nc2ccc3c(c2)C(=O)N(C)c2ccccc2O3)c1. The lowest BCUT2D eigenvalue weighted by atomic mass is 10.1. The Morgan fingerprint density at radius 1 is 0.893 bits per heavy atom. The molecule has 2 N–H and O–H groups in total. The predicted molar refractivity (Wildman–Crippen MR) is 110 cm³/mol. The molecule has 0 spiro atoms. The topological polar surface area (TPSA) is 70.7 Å². The monoisotopic (exact) mass is 373 g/mol. The fraction of sp³-hybridized carbons (Fsp3) is 0.0909. The van der Waals surface area contributed by atoms with Crippen LogP contribution in [0.5, 0.6) is 11.5 Å². The molecular weight excluding hydrogens is 354 g/mol. The van der Waals surface area contributed by atoms with Crippen LogP contribution >= 0.6 is 0 Å². The van der Waals surface area contributed by atoms with Crippen molar-refractivity contribution in [2.24, 2.45) is 0 Å². The molecule has 0 atom stereocenters. The van der Waals surface area contributed by atoms with Gasteiger partial charge in [-0.2, -0.15) is 0 Å². The van der Waals surface area contributed by atoms with E-state index in [0.717, 1.165) is 5.56 Å². The zero-order valence-electron chi connectivity index (χ0n) is 15.5. The van der Waals surface area contributed by atoms with E-state index >= 15 is 0 Å². The van der Waals surface area contributed by atoms with Crippen LogP contribution in [-0.2, 0) is 0 Å². The summed E-state index contributed by atoms with van der Waals surface area (Å²) in [7, 11) is 1.70. The molecule has 0 saturated carbocycles. The van der Waals surface area contributed by atoms with E-state index in [4.69, 9.17) is 4.74 Å². The lowest BCUT2D eigenvalue weighted by Gasteiger charge is -2.16. The number of nitrogens with zero attached hydrogens (tertiary/aromatic N) is 1. The van der Waals surface area contributed by atoms with Crippen molar-refractivity contribution in [1.29, 1.82) is 0 Å². The summed E-state index contributed by atoms with van der Waals surface area (Å²) in [5.74, 6) is 0.851. The van der Waals surface area contributed by atoms with Crippen LogP contribution < -0.4 is 20.3 Å². The number of amides is 3. The molecule has 0 bridgehead atoms. The fourth-order valence-corrected chi connectivity index (χ4v) is 3.11. The van der Waals surface area contributed by atoms with Crippen molar-refractivity contribution in [2.75, 3.05) is 22.6 Å². The summed E-state index contributed by atoms with van der Waals surface area (Å²) >= 11 is 0. The Morgan fingerprint density at radius 3 is 2.43 bits per heavy atom. The van der Waals surface area contributed by atoms with E-state index in [0.29, 0.717) is 34.1 Å². The molecule has 3 aromatic carbocycles. The first-order valence-electron chi connectivity index (χ1n) is 8.85. The van der Waals surface area contributed by atoms with Crippen molar-refractivity contribution in [3.8, 4) is 11.5 Å². The van der Waals surface area contributed by atoms with E-state index in [2.05, 4.69) is 10.6 Å². The second-order valence-electron chi connectivity index (χ2n) is 6.59. The first-order valence-corrected chi connectivity index (χ1v) is 8.85. The Hall–Kier alpha value is -3.80. The van der Waals surface area contributed by atoms with Gasteiger partial charge in [-0.15, -0.1) is 0 Å². The minimum absolute atomic E-state index is 0.206. The molecule has 4 rings (SSSR count). The minimum Gasteiger partial charge on any atom is -0.454 e. The van der Waals surface area contributed by atoms with Crippen LogP contribution in [0.1, 0.15) is 15.9 Å². The molecule has 0 unspecified atom stereocenters. The van der Waals surface area contributed by atoms with Gasteiger partial charge in [0.05, 0.1) is 11.3 Å². The molecule has 6 heteroatoms. The molecule has 0 aliphatic carbocycles. The standard InChI is InChI=1S/C22H19N3O3/c1-14-6-5-7-15(12-14)23-22(27)24-16-10-11-19-17(13-16)21(26)25(2)18-8-3-4-9-20(18)28-19/h3-13H,1-2H3,(H2,23,24,27). The smallest absolute Gasteiger partial charge is 0.323 e. The highest BCUT2D eigenvalue weighted by atomic mass is 16.5. The number of urea groups is 1. The minimum atomic E-state index is -0.385. The molecule has 140 valence electrons. The van der Waals surface area contributed by atoms with Gasteiger partial charge in [-0.05, 0) is 55.0 Å². The fourth-order valence-electron chi connectivity index (χ4n) is 3.11. The third-order valence-corrected chi connectivity index (χ3v) is 4.49. The lowest BCUT2D eigenvalue weighted by Crippen LogP contribution is -2.25. The number of para-hydroxylation sites is 2. The first kappa shape index (κ1) is 17.6. The number of hydrogen-bond donors (Lipinski definition) is 2. The Morgan fingerprint density at radius 2 is 1.64 bits per heavy atom. The number of ether oxygens (including phenoxy) is 1. The number of benzene rings is 3. The number of nitrogens with one attached hydrogen (secondary N) is 2. The number of rotatable bonds is 2. The molecule has 0 fully saturated rings. The highest BCUT2D eigenvalue weighted by Crippen LogP contribution is 2.38. The summed E-state index contributed by atoms with van der Waals surface area (Å²) in [5, 5.41) is 5.54. The molecule has 3 aromatic rings. The maximum Gasteiger partial charge on any atom is 0.323 e. The summed E-state index contributed by atoms with van der Waals surface area (Å²) in [6, 6.07) is 19.5. The number of aryl methyl sites for hydroxylation is 1. The van der Waals surface area contributed by atoms with E-state index < -0.39 is 0 Å². The van der Waals surface area contributed by atoms with E-state index in [1.54, 1.807) is 25.2 Å². The number of hydrogen-bond acceptors (Lipinski definition) is 3. The molecule has 6 nitrogen and oxygen atoms in total. The van der Waals surface area contributed by atoms with Crippen molar-refractivity contribution in [3.63, 3.8) is 0 Å². The largest absolute Gasteiger partial charge is 0.454 e. The summed E-state index contributed by atoms with van der Waals surface area (Å²) in [4.78, 5) is 26.7. The third-order valence-electron chi connectivity index (χ3n) is 4.49. The molecule has 0 saturated heterocycles. The molecule has 1 heterocycles. The van der Waals surface area contributed by atoms with E-state index in [1.807, 2.05) is 55.5 Å². The number of carbonyl (C=O) groups excluding carboxylic acids is 2. The van der Waals surface area contributed by atoms with E-state index in [1.165, 1.54) is 4.90 Å². The lowest BCUT2D eigenvalue weighted by molar-refractivity contribution is 0.0993. The van der Waals surface area contributed by atoms with E-state index in [-0.39, 0.29) is 11.9 Å². The number of carbonyl (C=O) groups is 2. The van der Waals surface area contributed by atoms with Crippen LogP contribution in [0.15, 0.2) is 66.7 Å². The van der Waals surface area contributed by atoms with Gasteiger partial charge >= 0.3 is 6.03 Å². The maximum atomic E-state index is 12.9. The Kier molecular flexibility index (Phi) is 4.45. The van der Waals surface area contributed by atoms with Crippen molar-refractivity contribution >= 4 is 29.0 Å². The third kappa shape index (κ3) is 3.40. The predicted octanol–water partition coefficient (Wildman–Crippen LogP) is 5.02. The maximum absolute atomic E-state index is 12.9. The quantitative estimate of drug-likeness (QED) is 0.662. The van der Waals surface area contributed by atoms with Crippen molar-refractivity contribution in [2.45, 2.75) is 6.92 Å². The summed E-state index contributed by atoms with van der Waals surface area (Å²) < 4.78 is 5.92. The Labute approximate surface area is 162 Å². The van der Waals surface area contributed by atoms with Crippen molar-refractivity contribution < 1.29 is 14.3 Å². The van der Waals surface area contributed by atoms with Crippen molar-refractivity contribution in [3.05, 3.63) is 77.9 Å². The van der Waals surface area contributed by atoms with Crippen LogP contribution in [0.2, 0.25) is 0 Å². The average Bonchev–Trinajstić information content (AvgIpc) is 2.78. The highest BCUT2D eigenvalue weighted by molar-refractivity contribution is 6.10. The normalized spacial score (nSPS) is 12.4. The van der Waals surface area contributed by atoms with Gasteiger partial charge in [-0.3, -0.25) is 4.79 Å². The van der Waals surface area contributed by atoms with Gasteiger partial charge in [-0.1, -0.05) is 24.3 Å². The van der Waals surface area contributed by atoms with Crippen LogP contribution in [0, 0.1) is 6.92 Å². The van der Waals surface area contributed by atoms with Gasteiger partial charge in [0, 0.05) is 18.4 Å². The first-order chi connectivity index (χ1) is 13.5. The number of anilines is 3. The van der Waals surface area contributed by atoms with Gasteiger partial charge in [0.15, 0.2) is 5.75 Å². The second kappa shape index (κ2) is 7.08. The van der Waals surface area contributed by atoms with Crippen LogP contribution in [0.3, 0.4) is 0 Å². The zero-order valence-corrected chi connectivity index (χ0v) is 15.5. The molecular formula is C22H19N3O3. The van der Waals surface area contributed by atoms with Crippen molar-refractivity contribution in [1.82, 2.24) is 0 Å². The van der Waals surface area contributed by atoms with Crippen LogP contribution in [0.4, 0.5) is 21.9 Å². The summed E-state index contributed by atoms with van der Waals surface area (Å²) in [6.07, 6.45) is 0. The molecule has 1 aliphatic rings. The zero-order chi connectivity index (χ0) is 19.7. The molecule has 28 heavy (non-hydrogen) atoms. The molecule has 0 radical (unpaired) electrons. The van der Waals surface area contributed by atoms with Gasteiger partial charge in [0.1, 0.15) is 5.75 Å². The molecule has 0 aromatic heterocycles. The van der Waals surface area contributed by atoms with Crippen LogP contribution in [0.25, 0.3) is 0 Å². The average molecular weight is 373 g/mol. The van der Waals surface area contributed by atoms with Gasteiger partial charge in [0.25, 0.3) is 5.91 Å². The summed E-state index contributed by atoms with van der Waals surface area (Å²) in [6.45, 7) is 1.95. The van der Waals surface area contributed by atoms with Gasteiger partial charge < -0.3 is 20.3 Å². The van der Waals surface area contributed by atoms with E-state index in [9.17, 15) is 9.59 Å².